The molecule has 2 fully saturated rings. The second kappa shape index (κ2) is 6.34. The number of nitrogens with one attached hydrogen (secondary N) is 1. The first-order valence-corrected chi connectivity index (χ1v) is 6.85. The molecular formula is C13H22N2O4. The summed E-state index contributed by atoms with van der Waals surface area (Å²) in [6.45, 7) is 5.15. The first-order valence-electron chi connectivity index (χ1n) is 6.85. The standard InChI is InChI=1S/C13H22N2O4/c1-10(2)14-12(16)9-19-15-11-3-5-13(6-4-11)17-7-8-18-13/h10H,3-9H2,1-2H3,(H,14,16). The Hall–Kier alpha value is -1.14. The fourth-order valence-corrected chi connectivity index (χ4v) is 2.34. The summed E-state index contributed by atoms with van der Waals surface area (Å²) in [7, 11) is 0. The molecule has 0 aromatic rings. The van der Waals surface area contributed by atoms with Crippen molar-refractivity contribution in [1.82, 2.24) is 5.32 Å². The summed E-state index contributed by atoms with van der Waals surface area (Å²) < 4.78 is 11.3. The van der Waals surface area contributed by atoms with Crippen molar-refractivity contribution < 1.29 is 19.1 Å². The molecule has 6 nitrogen and oxygen atoms in total. The van der Waals surface area contributed by atoms with Crippen LogP contribution >= 0.6 is 0 Å². The number of rotatable bonds is 4. The quantitative estimate of drug-likeness (QED) is 0.779. The molecule has 0 aromatic heterocycles. The fourth-order valence-electron chi connectivity index (χ4n) is 2.34. The smallest absolute Gasteiger partial charge is 0.260 e. The van der Waals surface area contributed by atoms with Crippen LogP contribution in [-0.4, -0.2) is 43.3 Å². The Morgan fingerprint density at radius 3 is 2.58 bits per heavy atom. The fraction of sp³-hybridized carbons (Fsp3) is 0.846. The molecule has 1 aliphatic heterocycles. The van der Waals surface area contributed by atoms with E-state index in [2.05, 4.69) is 10.5 Å². The van der Waals surface area contributed by atoms with Gasteiger partial charge in [-0.3, -0.25) is 4.79 Å². The molecule has 0 aromatic carbocycles. The molecule has 1 saturated carbocycles. The Morgan fingerprint density at radius 1 is 1.37 bits per heavy atom. The van der Waals surface area contributed by atoms with Crippen LogP contribution in [-0.2, 0) is 19.1 Å². The van der Waals surface area contributed by atoms with E-state index in [-0.39, 0.29) is 24.3 Å². The second-order valence-corrected chi connectivity index (χ2v) is 5.26. The lowest BCUT2D eigenvalue weighted by Gasteiger charge is -2.31. The van der Waals surface area contributed by atoms with Crippen LogP contribution in [0.3, 0.4) is 0 Å². The van der Waals surface area contributed by atoms with E-state index in [1.807, 2.05) is 13.8 Å². The highest BCUT2D eigenvalue weighted by molar-refractivity contribution is 5.85. The zero-order valence-corrected chi connectivity index (χ0v) is 11.6. The Labute approximate surface area is 113 Å². The molecule has 1 aliphatic carbocycles. The van der Waals surface area contributed by atoms with Crippen LogP contribution < -0.4 is 5.32 Å². The van der Waals surface area contributed by atoms with E-state index in [1.54, 1.807) is 0 Å². The van der Waals surface area contributed by atoms with Gasteiger partial charge in [-0.2, -0.15) is 0 Å². The van der Waals surface area contributed by atoms with E-state index in [1.165, 1.54) is 0 Å². The Kier molecular flexibility index (Phi) is 4.76. The molecule has 1 N–H and O–H groups in total. The van der Waals surface area contributed by atoms with Gasteiger partial charge < -0.3 is 19.6 Å². The minimum atomic E-state index is -0.381. The number of hydrogen-bond acceptors (Lipinski definition) is 5. The number of carbonyl (C=O) groups is 1. The first kappa shape index (κ1) is 14.3. The van der Waals surface area contributed by atoms with Gasteiger partial charge in [-0.15, -0.1) is 0 Å². The SMILES string of the molecule is CC(C)NC(=O)CON=C1CCC2(CC1)OCCO2. The van der Waals surface area contributed by atoms with Gasteiger partial charge >= 0.3 is 0 Å². The van der Waals surface area contributed by atoms with Crippen molar-refractivity contribution in [3.8, 4) is 0 Å². The number of oxime groups is 1. The third kappa shape index (κ3) is 4.18. The summed E-state index contributed by atoms with van der Waals surface area (Å²) in [5, 5.41) is 6.78. The lowest BCUT2D eigenvalue weighted by atomic mass is 9.92. The van der Waals surface area contributed by atoms with E-state index in [0.717, 1.165) is 31.4 Å². The molecule has 19 heavy (non-hydrogen) atoms. The number of carbonyl (C=O) groups excluding carboxylic acids is 1. The van der Waals surface area contributed by atoms with Crippen LogP contribution in [0.25, 0.3) is 0 Å². The van der Waals surface area contributed by atoms with Gasteiger partial charge in [-0.05, 0) is 26.7 Å². The topological polar surface area (TPSA) is 69.2 Å². The van der Waals surface area contributed by atoms with Crippen molar-refractivity contribution in [3.05, 3.63) is 0 Å². The van der Waals surface area contributed by atoms with Crippen LogP contribution in [0.5, 0.6) is 0 Å². The molecule has 6 heteroatoms. The van der Waals surface area contributed by atoms with Gasteiger partial charge in [-0.1, -0.05) is 5.16 Å². The molecule has 1 heterocycles. The van der Waals surface area contributed by atoms with Gasteiger partial charge in [0.25, 0.3) is 5.91 Å². The van der Waals surface area contributed by atoms with Crippen molar-refractivity contribution in [3.63, 3.8) is 0 Å². The van der Waals surface area contributed by atoms with Gasteiger partial charge in [0.2, 0.25) is 0 Å². The monoisotopic (exact) mass is 270 g/mol. The third-order valence-electron chi connectivity index (χ3n) is 3.24. The summed E-state index contributed by atoms with van der Waals surface area (Å²) in [4.78, 5) is 16.4. The molecule has 2 rings (SSSR count). The predicted molar refractivity (Wildman–Crippen MR) is 69.8 cm³/mol. The van der Waals surface area contributed by atoms with Crippen molar-refractivity contribution in [2.75, 3.05) is 19.8 Å². The number of ether oxygens (including phenoxy) is 2. The van der Waals surface area contributed by atoms with E-state index in [0.29, 0.717) is 13.2 Å². The normalized spacial score (nSPS) is 21.7. The van der Waals surface area contributed by atoms with Crippen LogP contribution in [0.15, 0.2) is 5.16 Å². The summed E-state index contributed by atoms with van der Waals surface area (Å²) >= 11 is 0. The minimum Gasteiger partial charge on any atom is -0.386 e. The van der Waals surface area contributed by atoms with Crippen molar-refractivity contribution in [1.29, 1.82) is 0 Å². The van der Waals surface area contributed by atoms with Crippen molar-refractivity contribution >= 4 is 11.6 Å². The molecule has 2 aliphatic rings. The minimum absolute atomic E-state index is 0.0280. The largest absolute Gasteiger partial charge is 0.386 e. The molecule has 1 amide bonds. The average Bonchev–Trinajstić information content (AvgIpc) is 2.80. The first-order chi connectivity index (χ1) is 9.10. The highest BCUT2D eigenvalue weighted by Crippen LogP contribution is 2.34. The maximum Gasteiger partial charge on any atom is 0.260 e. The summed E-state index contributed by atoms with van der Waals surface area (Å²) in [5.41, 5.74) is 0.974. The maximum atomic E-state index is 11.4. The molecule has 0 radical (unpaired) electrons. The third-order valence-corrected chi connectivity index (χ3v) is 3.24. The highest BCUT2D eigenvalue weighted by atomic mass is 16.7. The zero-order valence-electron chi connectivity index (χ0n) is 11.6. The molecule has 108 valence electrons. The summed E-state index contributed by atoms with van der Waals surface area (Å²) in [6.07, 6.45) is 3.22. The molecule has 0 unspecified atom stereocenters. The number of amides is 1. The van der Waals surface area contributed by atoms with Crippen molar-refractivity contribution in [2.45, 2.75) is 51.4 Å². The van der Waals surface area contributed by atoms with Gasteiger partial charge in [0, 0.05) is 18.9 Å². The van der Waals surface area contributed by atoms with Crippen molar-refractivity contribution in [2.24, 2.45) is 5.16 Å². The van der Waals surface area contributed by atoms with Crippen LogP contribution in [0.2, 0.25) is 0 Å². The van der Waals surface area contributed by atoms with E-state index in [9.17, 15) is 4.79 Å². The average molecular weight is 270 g/mol. The second-order valence-electron chi connectivity index (χ2n) is 5.26. The lowest BCUT2D eigenvalue weighted by molar-refractivity contribution is -0.168. The highest BCUT2D eigenvalue weighted by Gasteiger charge is 2.39. The summed E-state index contributed by atoms with van der Waals surface area (Å²) in [5.74, 6) is -0.525. The number of nitrogens with zero attached hydrogens (tertiary/aromatic N) is 1. The Morgan fingerprint density at radius 2 is 2.00 bits per heavy atom. The molecule has 0 atom stereocenters. The van der Waals surface area contributed by atoms with Gasteiger partial charge in [0.1, 0.15) is 0 Å². The van der Waals surface area contributed by atoms with E-state index in [4.69, 9.17) is 14.3 Å². The van der Waals surface area contributed by atoms with E-state index < -0.39 is 0 Å². The maximum absolute atomic E-state index is 11.4. The van der Waals surface area contributed by atoms with E-state index >= 15 is 0 Å². The van der Waals surface area contributed by atoms with Crippen LogP contribution in [0, 0.1) is 0 Å². The summed E-state index contributed by atoms with van der Waals surface area (Å²) in [6, 6.07) is 0.120. The zero-order chi connectivity index (χ0) is 13.7. The Balaban J connectivity index is 1.69. The van der Waals surface area contributed by atoms with Crippen LogP contribution in [0.4, 0.5) is 0 Å². The molecule has 1 saturated heterocycles. The van der Waals surface area contributed by atoms with Gasteiger partial charge in [0.05, 0.1) is 18.9 Å². The van der Waals surface area contributed by atoms with Gasteiger partial charge in [-0.25, -0.2) is 0 Å². The van der Waals surface area contributed by atoms with Crippen LogP contribution in [0.1, 0.15) is 39.5 Å². The number of hydrogen-bond donors (Lipinski definition) is 1. The lowest BCUT2D eigenvalue weighted by Crippen LogP contribution is -2.35. The molecule has 1 spiro atoms. The predicted octanol–water partition coefficient (Wildman–Crippen LogP) is 1.20. The van der Waals surface area contributed by atoms with Gasteiger partial charge in [0.15, 0.2) is 12.4 Å². The molecular weight excluding hydrogens is 248 g/mol. The Bertz CT molecular complexity index is 337. The molecule has 0 bridgehead atoms.